The molecule has 1 atom stereocenters. The van der Waals surface area contributed by atoms with E-state index in [2.05, 4.69) is 39.4 Å². The van der Waals surface area contributed by atoms with Crippen molar-refractivity contribution in [3.05, 3.63) is 71.0 Å². The second-order valence-electron chi connectivity index (χ2n) is 8.45. The molecule has 160 valence electrons. The lowest BCUT2D eigenvalue weighted by atomic mass is 9.97. The molecule has 2 aliphatic rings. The second kappa shape index (κ2) is 10.2. The minimum atomic E-state index is -0.321. The highest BCUT2D eigenvalue weighted by atomic mass is 19.1. The van der Waals surface area contributed by atoms with Crippen molar-refractivity contribution >= 4 is 5.91 Å². The number of hydrogen-bond donors (Lipinski definition) is 1. The number of aryl methyl sites for hydroxylation is 1. The van der Waals surface area contributed by atoms with Crippen molar-refractivity contribution in [2.24, 2.45) is 0 Å². The van der Waals surface area contributed by atoms with E-state index in [0.29, 0.717) is 18.2 Å². The molecule has 0 saturated carbocycles. The molecule has 1 saturated heterocycles. The van der Waals surface area contributed by atoms with E-state index in [1.54, 1.807) is 11.1 Å². The number of amides is 1. The Morgan fingerprint density at radius 3 is 2.57 bits per heavy atom. The maximum absolute atomic E-state index is 13.0. The number of nitrogens with zero attached hydrogens (tertiary/aromatic N) is 2. The number of carbonyl (C=O) groups is 1. The van der Waals surface area contributed by atoms with E-state index in [9.17, 15) is 9.18 Å². The molecule has 1 N–H and O–H groups in total. The average molecular weight is 410 g/mol. The Labute approximate surface area is 179 Å². The minimum absolute atomic E-state index is 0.133. The largest absolute Gasteiger partial charge is 0.352 e. The first-order valence-corrected chi connectivity index (χ1v) is 11.3. The van der Waals surface area contributed by atoms with E-state index in [0.717, 1.165) is 39.1 Å². The van der Waals surface area contributed by atoms with Crippen LogP contribution < -0.4 is 5.32 Å². The van der Waals surface area contributed by atoms with E-state index >= 15 is 0 Å². The normalized spacial score (nSPS) is 20.4. The summed E-state index contributed by atoms with van der Waals surface area (Å²) in [4.78, 5) is 17.3. The standard InChI is InChI=1S/C25H32FN3O/c26-22-12-10-21(11-13-22)25(30)27-14-5-15-28-16-18-29(19-17-28)24-9-4-2-7-20-6-1-3-8-23(20)24/h1,3,6,8,10-13,24H,2,4-5,7,9,14-19H2,(H,27,30). The number of hydrogen-bond acceptors (Lipinski definition) is 3. The van der Waals surface area contributed by atoms with Crippen LogP contribution in [-0.2, 0) is 6.42 Å². The Balaban J connectivity index is 1.20. The average Bonchev–Trinajstić information content (AvgIpc) is 3.00. The molecule has 4 rings (SSSR count). The van der Waals surface area contributed by atoms with Gasteiger partial charge in [0.15, 0.2) is 0 Å². The van der Waals surface area contributed by atoms with Crippen LogP contribution in [0.3, 0.4) is 0 Å². The Bertz CT molecular complexity index is 831. The van der Waals surface area contributed by atoms with Crippen LogP contribution in [0.25, 0.3) is 0 Å². The summed E-state index contributed by atoms with van der Waals surface area (Å²) in [6.45, 7) is 6.04. The highest BCUT2D eigenvalue weighted by Gasteiger charge is 2.27. The third kappa shape index (κ3) is 5.27. The summed E-state index contributed by atoms with van der Waals surface area (Å²) in [5, 5.41) is 2.94. The van der Waals surface area contributed by atoms with E-state index < -0.39 is 0 Å². The Morgan fingerprint density at radius 1 is 1.00 bits per heavy atom. The van der Waals surface area contributed by atoms with Crippen LogP contribution in [0.1, 0.15) is 53.2 Å². The lowest BCUT2D eigenvalue weighted by molar-refractivity contribution is 0.0888. The maximum atomic E-state index is 13.0. The van der Waals surface area contributed by atoms with E-state index in [-0.39, 0.29) is 11.7 Å². The zero-order chi connectivity index (χ0) is 20.8. The molecule has 1 amide bonds. The first kappa shape index (κ1) is 21.0. The molecule has 1 aliphatic heterocycles. The number of carbonyl (C=O) groups excluding carboxylic acids is 1. The monoisotopic (exact) mass is 409 g/mol. The predicted octanol–water partition coefficient (Wildman–Crippen LogP) is 4.03. The van der Waals surface area contributed by atoms with Gasteiger partial charge in [-0.15, -0.1) is 0 Å². The highest BCUT2D eigenvalue weighted by molar-refractivity contribution is 5.94. The third-order valence-corrected chi connectivity index (χ3v) is 6.48. The van der Waals surface area contributed by atoms with E-state index in [4.69, 9.17) is 0 Å². The molecule has 2 aromatic carbocycles. The van der Waals surface area contributed by atoms with Crippen LogP contribution in [0.4, 0.5) is 4.39 Å². The topological polar surface area (TPSA) is 35.6 Å². The maximum Gasteiger partial charge on any atom is 0.251 e. The molecule has 1 unspecified atom stereocenters. The van der Waals surface area contributed by atoms with Gasteiger partial charge in [0.25, 0.3) is 5.91 Å². The summed E-state index contributed by atoms with van der Waals surface area (Å²) in [6, 6.07) is 15.3. The van der Waals surface area contributed by atoms with Crippen molar-refractivity contribution in [2.75, 3.05) is 39.3 Å². The minimum Gasteiger partial charge on any atom is -0.352 e. The van der Waals surface area contributed by atoms with Crippen molar-refractivity contribution in [1.29, 1.82) is 0 Å². The Morgan fingerprint density at radius 2 is 1.77 bits per heavy atom. The van der Waals surface area contributed by atoms with E-state index in [1.165, 1.54) is 49.9 Å². The molecule has 5 heteroatoms. The Kier molecular flexibility index (Phi) is 7.13. The quantitative estimate of drug-likeness (QED) is 0.578. The molecule has 0 bridgehead atoms. The number of benzene rings is 2. The van der Waals surface area contributed by atoms with Gasteiger partial charge in [-0.05, 0) is 67.6 Å². The van der Waals surface area contributed by atoms with Gasteiger partial charge in [-0.25, -0.2) is 4.39 Å². The fourth-order valence-electron chi connectivity index (χ4n) is 4.78. The predicted molar refractivity (Wildman–Crippen MR) is 118 cm³/mol. The number of piperazine rings is 1. The number of fused-ring (bicyclic) bond motifs is 1. The molecular formula is C25H32FN3O. The summed E-state index contributed by atoms with van der Waals surface area (Å²) in [5.41, 5.74) is 3.60. The van der Waals surface area contributed by atoms with Crippen molar-refractivity contribution in [1.82, 2.24) is 15.1 Å². The zero-order valence-electron chi connectivity index (χ0n) is 17.7. The summed E-state index contributed by atoms with van der Waals surface area (Å²) < 4.78 is 13.0. The number of halogens is 1. The highest BCUT2D eigenvalue weighted by Crippen LogP contribution is 2.33. The van der Waals surface area contributed by atoms with Crippen molar-refractivity contribution < 1.29 is 9.18 Å². The molecule has 0 aromatic heterocycles. The van der Waals surface area contributed by atoms with Crippen LogP contribution >= 0.6 is 0 Å². The van der Waals surface area contributed by atoms with Crippen molar-refractivity contribution in [3.63, 3.8) is 0 Å². The van der Waals surface area contributed by atoms with Gasteiger partial charge in [-0.1, -0.05) is 30.7 Å². The van der Waals surface area contributed by atoms with Gasteiger partial charge in [0.2, 0.25) is 0 Å². The van der Waals surface area contributed by atoms with Crippen molar-refractivity contribution in [3.8, 4) is 0 Å². The fourth-order valence-corrected chi connectivity index (χ4v) is 4.78. The first-order chi connectivity index (χ1) is 14.7. The first-order valence-electron chi connectivity index (χ1n) is 11.3. The molecular weight excluding hydrogens is 377 g/mol. The van der Waals surface area contributed by atoms with Gasteiger partial charge in [0, 0.05) is 44.3 Å². The number of rotatable bonds is 6. The summed E-state index contributed by atoms with van der Waals surface area (Å²) in [5.74, 6) is -0.454. The summed E-state index contributed by atoms with van der Waals surface area (Å²) in [6.07, 6.45) is 6.03. The van der Waals surface area contributed by atoms with Gasteiger partial charge in [-0.3, -0.25) is 9.69 Å². The van der Waals surface area contributed by atoms with Crippen LogP contribution in [0.5, 0.6) is 0 Å². The Hall–Kier alpha value is -2.24. The molecule has 1 fully saturated rings. The fraction of sp³-hybridized carbons (Fsp3) is 0.480. The molecule has 0 radical (unpaired) electrons. The van der Waals surface area contributed by atoms with Gasteiger partial charge < -0.3 is 10.2 Å². The van der Waals surface area contributed by atoms with Crippen LogP contribution in [0, 0.1) is 5.82 Å². The van der Waals surface area contributed by atoms with Crippen LogP contribution in [0.15, 0.2) is 48.5 Å². The smallest absolute Gasteiger partial charge is 0.251 e. The van der Waals surface area contributed by atoms with Gasteiger partial charge in [-0.2, -0.15) is 0 Å². The van der Waals surface area contributed by atoms with Gasteiger partial charge >= 0.3 is 0 Å². The molecule has 4 nitrogen and oxygen atoms in total. The third-order valence-electron chi connectivity index (χ3n) is 6.48. The summed E-state index contributed by atoms with van der Waals surface area (Å²) in [7, 11) is 0. The van der Waals surface area contributed by atoms with E-state index in [1.807, 2.05) is 0 Å². The van der Waals surface area contributed by atoms with Gasteiger partial charge in [0.1, 0.15) is 5.82 Å². The lowest BCUT2D eigenvalue weighted by Gasteiger charge is -2.39. The van der Waals surface area contributed by atoms with Crippen molar-refractivity contribution in [2.45, 2.75) is 38.1 Å². The molecule has 1 heterocycles. The zero-order valence-corrected chi connectivity index (χ0v) is 17.7. The SMILES string of the molecule is O=C(NCCCN1CCN(C2CCCCc3ccccc32)CC1)c1ccc(F)cc1. The molecule has 30 heavy (non-hydrogen) atoms. The summed E-state index contributed by atoms with van der Waals surface area (Å²) >= 11 is 0. The molecule has 1 aliphatic carbocycles. The lowest BCUT2D eigenvalue weighted by Crippen LogP contribution is -2.48. The van der Waals surface area contributed by atoms with Gasteiger partial charge in [0.05, 0.1) is 0 Å². The molecule has 2 aromatic rings. The molecule has 0 spiro atoms. The number of nitrogens with one attached hydrogen (secondary N) is 1. The second-order valence-corrected chi connectivity index (χ2v) is 8.45. The van der Waals surface area contributed by atoms with Crippen LogP contribution in [0.2, 0.25) is 0 Å². The van der Waals surface area contributed by atoms with Crippen LogP contribution in [-0.4, -0.2) is 55.0 Å².